The first kappa shape index (κ1) is 24.2. The fourth-order valence-corrected chi connectivity index (χ4v) is 4.64. The highest BCUT2D eigenvalue weighted by atomic mass is 32.1. The molecule has 3 rings (SSSR count). The third kappa shape index (κ3) is 6.07. The van der Waals surface area contributed by atoms with E-state index >= 15 is 0 Å². The van der Waals surface area contributed by atoms with E-state index < -0.39 is 17.5 Å². The summed E-state index contributed by atoms with van der Waals surface area (Å²) in [6, 6.07) is 10.3. The third-order valence-electron chi connectivity index (χ3n) is 5.15. The van der Waals surface area contributed by atoms with Crippen LogP contribution in [-0.2, 0) is 30.3 Å². The van der Waals surface area contributed by atoms with Crippen molar-refractivity contribution in [3.8, 4) is 5.75 Å². The van der Waals surface area contributed by atoms with Crippen molar-refractivity contribution in [3.05, 3.63) is 52.2 Å². The van der Waals surface area contributed by atoms with Crippen molar-refractivity contribution in [2.75, 3.05) is 13.2 Å². The van der Waals surface area contributed by atoms with Gasteiger partial charge in [0, 0.05) is 40.9 Å². The number of nitrogens with one attached hydrogen (secondary N) is 1. The van der Waals surface area contributed by atoms with Crippen LogP contribution in [0.15, 0.2) is 41.2 Å². The van der Waals surface area contributed by atoms with Crippen molar-refractivity contribution in [2.24, 2.45) is 0 Å². The first-order valence-corrected chi connectivity index (χ1v) is 11.1. The largest absolute Gasteiger partial charge is 0.508 e. The maximum atomic E-state index is 13.0. The molecule has 33 heavy (non-hydrogen) atoms. The van der Waals surface area contributed by atoms with E-state index in [0.29, 0.717) is 23.6 Å². The van der Waals surface area contributed by atoms with Crippen LogP contribution < -0.4 is 10.7 Å². The van der Waals surface area contributed by atoms with Crippen LogP contribution >= 0.6 is 11.3 Å². The van der Waals surface area contributed by atoms with E-state index in [1.54, 1.807) is 18.2 Å². The minimum atomic E-state index is -1.11. The second-order valence-electron chi connectivity index (χ2n) is 7.96. The number of carbonyl (C=O) groups excluding carboxylic acids is 3. The van der Waals surface area contributed by atoms with Gasteiger partial charge in [-0.05, 0) is 48.7 Å². The zero-order valence-electron chi connectivity index (χ0n) is 18.6. The molecule has 0 aliphatic carbocycles. The summed E-state index contributed by atoms with van der Waals surface area (Å²) in [6.07, 6.45) is 0.714. The topological polar surface area (TPSA) is 119 Å². The van der Waals surface area contributed by atoms with Crippen LogP contribution in [0.25, 0.3) is 20.2 Å². The highest BCUT2D eigenvalue weighted by molar-refractivity contribution is 7.24. The van der Waals surface area contributed by atoms with Gasteiger partial charge in [-0.2, -0.15) is 0 Å². The number of phenols is 1. The Morgan fingerprint density at radius 1 is 0.939 bits per heavy atom. The molecule has 0 fully saturated rings. The summed E-state index contributed by atoms with van der Waals surface area (Å²) in [5.41, 5.74) is -0.466. The van der Waals surface area contributed by atoms with Crippen molar-refractivity contribution in [3.63, 3.8) is 0 Å². The molecule has 8 nitrogen and oxygen atoms in total. The highest BCUT2D eigenvalue weighted by Crippen LogP contribution is 2.28. The normalized spacial score (nSPS) is 11.4. The number of aromatic hydroxyl groups is 1. The summed E-state index contributed by atoms with van der Waals surface area (Å²) in [6.45, 7) is 3.51. The molecule has 0 atom stereocenters. The molecule has 0 bridgehead atoms. The molecule has 0 aliphatic rings. The maximum absolute atomic E-state index is 13.0. The van der Waals surface area contributed by atoms with Gasteiger partial charge in [0.1, 0.15) is 24.5 Å². The van der Waals surface area contributed by atoms with E-state index in [1.807, 2.05) is 12.1 Å². The van der Waals surface area contributed by atoms with Gasteiger partial charge in [0.2, 0.25) is 5.91 Å². The molecule has 0 saturated carbocycles. The van der Waals surface area contributed by atoms with Gasteiger partial charge >= 0.3 is 11.9 Å². The molecule has 9 heteroatoms. The van der Waals surface area contributed by atoms with Crippen LogP contribution in [0.5, 0.6) is 5.75 Å². The number of hydrogen-bond acceptors (Lipinski definition) is 8. The van der Waals surface area contributed by atoms with Gasteiger partial charge < -0.3 is 19.9 Å². The summed E-state index contributed by atoms with van der Waals surface area (Å²) in [5.74, 6) is -1.38. The number of esters is 2. The molecule has 174 valence electrons. The molecule has 2 aromatic carbocycles. The Balaban J connectivity index is 1.94. The number of fused-ring (bicyclic) bond motifs is 2. The molecule has 0 radical (unpaired) electrons. The van der Waals surface area contributed by atoms with Gasteiger partial charge in [0.25, 0.3) is 0 Å². The Morgan fingerprint density at radius 3 is 2.09 bits per heavy atom. The molecule has 2 N–H and O–H groups in total. The molecular weight excluding hydrogens is 446 g/mol. The van der Waals surface area contributed by atoms with Crippen LogP contribution in [0, 0.1) is 0 Å². The maximum Gasteiger partial charge on any atom is 0.302 e. The Labute approximate surface area is 194 Å². The number of aryl methyl sites for hydroxylation is 1. The van der Waals surface area contributed by atoms with E-state index in [0.717, 1.165) is 15.0 Å². The highest BCUT2D eigenvalue weighted by Gasteiger charge is 2.34. The second-order valence-corrected chi connectivity index (χ2v) is 9.05. The third-order valence-corrected chi connectivity index (χ3v) is 6.30. The van der Waals surface area contributed by atoms with Crippen LogP contribution in [0.2, 0.25) is 0 Å². The molecule has 1 aromatic heterocycles. The number of carbonyl (C=O) groups is 3. The van der Waals surface area contributed by atoms with Crippen molar-refractivity contribution in [1.29, 1.82) is 0 Å². The molecule has 0 saturated heterocycles. The summed E-state index contributed by atoms with van der Waals surface area (Å²) < 4.78 is 11.9. The van der Waals surface area contributed by atoms with Crippen molar-refractivity contribution >= 4 is 49.4 Å². The van der Waals surface area contributed by atoms with Gasteiger partial charge in [-0.1, -0.05) is 6.07 Å². The van der Waals surface area contributed by atoms with Gasteiger partial charge in [0.05, 0.1) is 0 Å². The van der Waals surface area contributed by atoms with Crippen LogP contribution in [-0.4, -0.2) is 41.7 Å². The Morgan fingerprint density at radius 2 is 1.52 bits per heavy atom. The Bertz CT molecular complexity index is 1260. The smallest absolute Gasteiger partial charge is 0.302 e. The average Bonchev–Trinajstić information content (AvgIpc) is 2.75. The predicted octanol–water partition coefficient (Wildman–Crippen LogP) is 3.05. The molecular formula is C24H25NO7S. The van der Waals surface area contributed by atoms with E-state index in [2.05, 4.69) is 5.32 Å². The van der Waals surface area contributed by atoms with Crippen LogP contribution in [0.3, 0.4) is 0 Å². The van der Waals surface area contributed by atoms with Gasteiger partial charge in [-0.15, -0.1) is 11.3 Å². The fraction of sp³-hybridized carbons (Fsp3) is 0.333. The first-order chi connectivity index (χ1) is 15.6. The minimum Gasteiger partial charge on any atom is -0.508 e. The number of phenolic OH excluding ortho intramolecular Hbond substituents is 1. The van der Waals surface area contributed by atoms with Gasteiger partial charge in [0.15, 0.2) is 5.43 Å². The zero-order chi connectivity index (χ0) is 24.2. The molecule has 0 spiro atoms. The standard InChI is InChI=1S/C24H25NO7S/c1-14(26)25-24(12-31-15(2)27,13-32-16(3)28)9-8-17-4-6-21-19(10-17)23(30)20-11-18(29)5-7-22(20)33-21/h4-7,10-11,29H,8-9,12-13H2,1-3H3,(H,25,26). The van der Waals surface area contributed by atoms with Crippen LogP contribution in [0.1, 0.15) is 32.8 Å². The Kier molecular flexibility index (Phi) is 7.33. The van der Waals surface area contributed by atoms with E-state index in [9.17, 15) is 24.3 Å². The van der Waals surface area contributed by atoms with Crippen LogP contribution in [0.4, 0.5) is 0 Å². The summed E-state index contributed by atoms with van der Waals surface area (Å²) in [5, 5.41) is 13.5. The number of amides is 1. The number of ether oxygens (including phenoxy) is 2. The SMILES string of the molecule is CC(=O)NC(CCc1ccc2sc3ccc(O)cc3c(=O)c2c1)(COC(C)=O)COC(C)=O. The lowest BCUT2D eigenvalue weighted by Gasteiger charge is -2.33. The van der Waals surface area contributed by atoms with Gasteiger partial charge in [-0.3, -0.25) is 19.2 Å². The lowest BCUT2D eigenvalue weighted by Crippen LogP contribution is -2.55. The summed E-state index contributed by atoms with van der Waals surface area (Å²) >= 11 is 1.45. The Hall–Kier alpha value is -3.46. The van der Waals surface area contributed by atoms with Crippen molar-refractivity contribution < 1.29 is 29.0 Å². The minimum absolute atomic E-state index is 0.0262. The zero-order valence-corrected chi connectivity index (χ0v) is 19.4. The quantitative estimate of drug-likeness (QED) is 0.383. The average molecular weight is 472 g/mol. The summed E-state index contributed by atoms with van der Waals surface area (Å²) in [4.78, 5) is 47.7. The van der Waals surface area contributed by atoms with E-state index in [-0.39, 0.29) is 30.3 Å². The lowest BCUT2D eigenvalue weighted by molar-refractivity contribution is -0.150. The van der Waals surface area contributed by atoms with E-state index in [1.165, 1.54) is 38.2 Å². The predicted molar refractivity (Wildman–Crippen MR) is 125 cm³/mol. The molecule has 1 amide bonds. The van der Waals surface area contributed by atoms with Crippen molar-refractivity contribution in [2.45, 2.75) is 39.2 Å². The summed E-state index contributed by atoms with van der Waals surface area (Å²) in [7, 11) is 0. The van der Waals surface area contributed by atoms with Crippen molar-refractivity contribution in [1.82, 2.24) is 5.32 Å². The fourth-order valence-electron chi connectivity index (χ4n) is 3.60. The number of hydrogen-bond donors (Lipinski definition) is 2. The first-order valence-electron chi connectivity index (χ1n) is 10.3. The number of benzene rings is 2. The molecule has 3 aromatic rings. The molecule has 0 aliphatic heterocycles. The molecule has 0 unspecified atom stereocenters. The van der Waals surface area contributed by atoms with Gasteiger partial charge in [-0.25, -0.2) is 0 Å². The van der Waals surface area contributed by atoms with E-state index in [4.69, 9.17) is 9.47 Å². The second kappa shape index (κ2) is 9.99. The lowest BCUT2D eigenvalue weighted by atomic mass is 9.92. The monoisotopic (exact) mass is 471 g/mol. The molecule has 1 heterocycles. The number of rotatable bonds is 8.